The first-order chi connectivity index (χ1) is 12.2. The number of likely N-dealkylation sites (tertiary alicyclic amines) is 1. The summed E-state index contributed by atoms with van der Waals surface area (Å²) in [5.41, 5.74) is 0.622. The fourth-order valence-electron chi connectivity index (χ4n) is 3.71. The zero-order valence-corrected chi connectivity index (χ0v) is 15.1. The molecule has 136 valence electrons. The molecule has 6 heteroatoms. The zero-order chi connectivity index (χ0) is 17.8. The highest BCUT2D eigenvalue weighted by Gasteiger charge is 2.35. The fraction of sp³-hybridized carbons (Fsp3) is 0.579. The molecule has 0 unspecified atom stereocenters. The summed E-state index contributed by atoms with van der Waals surface area (Å²) < 4.78 is 5.58. The van der Waals surface area contributed by atoms with E-state index in [1.807, 2.05) is 52.8 Å². The van der Waals surface area contributed by atoms with Crippen molar-refractivity contribution in [1.82, 2.24) is 14.7 Å². The first-order valence-electron chi connectivity index (χ1n) is 9.22. The van der Waals surface area contributed by atoms with Crippen LogP contribution in [-0.4, -0.2) is 72.0 Å². The molecule has 2 aliphatic heterocycles. The quantitative estimate of drug-likeness (QED) is 0.824. The van der Waals surface area contributed by atoms with Gasteiger partial charge in [-0.15, -0.1) is 0 Å². The predicted octanol–water partition coefficient (Wildman–Crippen LogP) is 2.45. The highest BCUT2D eigenvalue weighted by Crippen LogP contribution is 2.25. The molecule has 2 fully saturated rings. The number of urea groups is 1. The molecule has 0 saturated carbocycles. The Hall–Kier alpha value is -2.24. The van der Waals surface area contributed by atoms with E-state index in [0.717, 1.165) is 32.5 Å². The molecule has 2 saturated heterocycles. The third kappa shape index (κ3) is 3.57. The highest BCUT2D eigenvalue weighted by molar-refractivity contribution is 5.97. The third-order valence-electron chi connectivity index (χ3n) is 5.12. The monoisotopic (exact) mass is 345 g/mol. The van der Waals surface area contributed by atoms with Gasteiger partial charge in [0.25, 0.3) is 5.91 Å². The van der Waals surface area contributed by atoms with Crippen molar-refractivity contribution < 1.29 is 14.3 Å². The summed E-state index contributed by atoms with van der Waals surface area (Å²) in [6, 6.07) is 7.80. The second-order valence-electron chi connectivity index (χ2n) is 6.51. The van der Waals surface area contributed by atoms with Crippen LogP contribution in [0, 0.1) is 0 Å². The van der Waals surface area contributed by atoms with E-state index in [1.165, 1.54) is 0 Å². The molecule has 0 spiro atoms. The van der Waals surface area contributed by atoms with Crippen LogP contribution in [0.5, 0.6) is 5.75 Å². The van der Waals surface area contributed by atoms with Crippen LogP contribution in [0.3, 0.4) is 0 Å². The van der Waals surface area contributed by atoms with Crippen molar-refractivity contribution >= 4 is 11.9 Å². The second-order valence-corrected chi connectivity index (χ2v) is 6.51. The Morgan fingerprint density at radius 1 is 1.12 bits per heavy atom. The van der Waals surface area contributed by atoms with Gasteiger partial charge in [-0.05, 0) is 38.8 Å². The number of amides is 3. The minimum atomic E-state index is 0.0189. The average Bonchev–Trinajstić information content (AvgIpc) is 3.02. The molecule has 0 bridgehead atoms. The maximum absolute atomic E-state index is 12.8. The SMILES string of the molecule is CCOc1ccccc1C(=O)N1CCC(N2CCN(CC)C2=O)CC1. The van der Waals surface area contributed by atoms with E-state index in [4.69, 9.17) is 4.74 Å². The maximum atomic E-state index is 12.8. The van der Waals surface area contributed by atoms with Gasteiger partial charge in [0.15, 0.2) is 0 Å². The Morgan fingerprint density at radius 2 is 1.84 bits per heavy atom. The Bertz CT molecular complexity index is 626. The van der Waals surface area contributed by atoms with Crippen LogP contribution in [0.2, 0.25) is 0 Å². The predicted molar refractivity (Wildman–Crippen MR) is 95.9 cm³/mol. The first kappa shape index (κ1) is 17.6. The molecular weight excluding hydrogens is 318 g/mol. The number of likely N-dealkylation sites (N-methyl/N-ethyl adjacent to an activating group) is 1. The molecule has 2 heterocycles. The smallest absolute Gasteiger partial charge is 0.320 e. The van der Waals surface area contributed by atoms with Gasteiger partial charge in [0, 0.05) is 38.8 Å². The van der Waals surface area contributed by atoms with Gasteiger partial charge < -0.3 is 19.4 Å². The van der Waals surface area contributed by atoms with E-state index < -0.39 is 0 Å². The van der Waals surface area contributed by atoms with E-state index in [2.05, 4.69) is 0 Å². The molecule has 0 radical (unpaired) electrons. The molecule has 1 aromatic rings. The van der Waals surface area contributed by atoms with Crippen molar-refractivity contribution in [1.29, 1.82) is 0 Å². The van der Waals surface area contributed by atoms with Crippen LogP contribution in [0.4, 0.5) is 4.79 Å². The highest BCUT2D eigenvalue weighted by atomic mass is 16.5. The number of hydrogen-bond donors (Lipinski definition) is 0. The Morgan fingerprint density at radius 3 is 2.48 bits per heavy atom. The van der Waals surface area contributed by atoms with Gasteiger partial charge in [0.05, 0.1) is 12.2 Å². The van der Waals surface area contributed by atoms with Gasteiger partial charge >= 0.3 is 6.03 Å². The molecule has 3 amide bonds. The van der Waals surface area contributed by atoms with Gasteiger partial charge in [-0.2, -0.15) is 0 Å². The maximum Gasteiger partial charge on any atom is 0.320 e. The molecule has 0 N–H and O–H groups in total. The van der Waals surface area contributed by atoms with Crippen molar-refractivity contribution in [3.8, 4) is 5.75 Å². The molecule has 0 aromatic heterocycles. The summed E-state index contributed by atoms with van der Waals surface area (Å²) in [6.07, 6.45) is 1.68. The van der Waals surface area contributed by atoms with E-state index in [1.54, 1.807) is 0 Å². The first-order valence-corrected chi connectivity index (χ1v) is 9.22. The third-order valence-corrected chi connectivity index (χ3v) is 5.12. The summed E-state index contributed by atoms with van der Waals surface area (Å²) in [6.45, 7) is 8.21. The zero-order valence-electron chi connectivity index (χ0n) is 15.1. The topological polar surface area (TPSA) is 53.1 Å². The number of hydrogen-bond acceptors (Lipinski definition) is 3. The Kier molecular flexibility index (Phi) is 5.46. The molecule has 0 atom stereocenters. The van der Waals surface area contributed by atoms with Crippen LogP contribution in [0.25, 0.3) is 0 Å². The number of para-hydroxylation sites is 1. The van der Waals surface area contributed by atoms with E-state index in [9.17, 15) is 9.59 Å². The van der Waals surface area contributed by atoms with Crippen molar-refractivity contribution in [2.45, 2.75) is 32.7 Å². The summed E-state index contributed by atoms with van der Waals surface area (Å²) >= 11 is 0. The lowest BCUT2D eigenvalue weighted by Crippen LogP contribution is -2.48. The largest absolute Gasteiger partial charge is 0.493 e. The van der Waals surface area contributed by atoms with E-state index >= 15 is 0 Å². The van der Waals surface area contributed by atoms with E-state index in [0.29, 0.717) is 31.0 Å². The van der Waals surface area contributed by atoms with Crippen LogP contribution < -0.4 is 4.74 Å². The summed E-state index contributed by atoms with van der Waals surface area (Å²) in [5.74, 6) is 0.663. The lowest BCUT2D eigenvalue weighted by Gasteiger charge is -2.36. The van der Waals surface area contributed by atoms with Crippen LogP contribution >= 0.6 is 0 Å². The average molecular weight is 345 g/mol. The van der Waals surface area contributed by atoms with Gasteiger partial charge in [-0.25, -0.2) is 4.79 Å². The van der Waals surface area contributed by atoms with Crippen LogP contribution in [0.15, 0.2) is 24.3 Å². The molecule has 0 aliphatic carbocycles. The summed E-state index contributed by atoms with van der Waals surface area (Å²) in [7, 11) is 0. The number of carbonyl (C=O) groups is 2. The van der Waals surface area contributed by atoms with Crippen LogP contribution in [-0.2, 0) is 0 Å². The molecule has 3 rings (SSSR count). The number of carbonyl (C=O) groups excluding carboxylic acids is 2. The van der Waals surface area contributed by atoms with Crippen molar-refractivity contribution in [2.75, 3.05) is 39.3 Å². The standard InChI is InChI=1S/C19H27N3O3/c1-3-20-13-14-22(19(20)24)15-9-11-21(12-10-15)18(23)16-7-5-6-8-17(16)25-4-2/h5-8,15H,3-4,9-14H2,1-2H3. The number of piperidine rings is 1. The van der Waals surface area contributed by atoms with Crippen LogP contribution in [0.1, 0.15) is 37.0 Å². The molecule has 25 heavy (non-hydrogen) atoms. The van der Waals surface area contributed by atoms with Gasteiger partial charge in [0.1, 0.15) is 5.75 Å². The number of nitrogens with zero attached hydrogens (tertiary/aromatic N) is 3. The molecule has 6 nitrogen and oxygen atoms in total. The van der Waals surface area contributed by atoms with Crippen molar-refractivity contribution in [2.24, 2.45) is 0 Å². The summed E-state index contributed by atoms with van der Waals surface area (Å²) in [4.78, 5) is 30.9. The molecular formula is C19H27N3O3. The normalized spacial score (nSPS) is 18.8. The lowest BCUT2D eigenvalue weighted by atomic mass is 10.0. The van der Waals surface area contributed by atoms with Crippen molar-refractivity contribution in [3.05, 3.63) is 29.8 Å². The fourth-order valence-corrected chi connectivity index (χ4v) is 3.71. The Balaban J connectivity index is 1.61. The van der Waals surface area contributed by atoms with Gasteiger partial charge in [-0.3, -0.25) is 4.79 Å². The Labute approximate surface area is 149 Å². The number of benzene rings is 1. The lowest BCUT2D eigenvalue weighted by molar-refractivity contribution is 0.0659. The minimum Gasteiger partial charge on any atom is -0.493 e. The number of ether oxygens (including phenoxy) is 1. The number of rotatable bonds is 5. The van der Waals surface area contributed by atoms with Gasteiger partial charge in [-0.1, -0.05) is 12.1 Å². The second kappa shape index (κ2) is 7.76. The van der Waals surface area contributed by atoms with E-state index in [-0.39, 0.29) is 18.0 Å². The summed E-state index contributed by atoms with van der Waals surface area (Å²) in [5, 5.41) is 0. The van der Waals surface area contributed by atoms with Crippen molar-refractivity contribution in [3.63, 3.8) is 0 Å². The molecule has 1 aromatic carbocycles. The minimum absolute atomic E-state index is 0.0189. The van der Waals surface area contributed by atoms with Gasteiger partial charge in [0.2, 0.25) is 0 Å². The molecule has 2 aliphatic rings.